The summed E-state index contributed by atoms with van der Waals surface area (Å²) in [5.74, 6) is 0.781. The maximum atomic E-state index is 11.5. The second-order valence-electron chi connectivity index (χ2n) is 4.83. The Balaban J connectivity index is 2.48. The summed E-state index contributed by atoms with van der Waals surface area (Å²) in [6.07, 6.45) is 3.43. The average molecular weight is 240 g/mol. The summed E-state index contributed by atoms with van der Waals surface area (Å²) < 4.78 is 0. The predicted molar refractivity (Wildman–Crippen MR) is 70.0 cm³/mol. The molecule has 1 rings (SSSR count). The first kappa shape index (κ1) is 13.8. The summed E-state index contributed by atoms with van der Waals surface area (Å²) in [5.41, 5.74) is 0. The van der Waals surface area contributed by atoms with Gasteiger partial charge in [0.25, 0.3) is 0 Å². The van der Waals surface area contributed by atoms with Gasteiger partial charge in [-0.25, -0.2) is 4.99 Å². The molecule has 1 saturated carbocycles. The number of hydrogen-bond donors (Lipinski definition) is 2. The Hall–Kier alpha value is -1.26. The highest BCUT2D eigenvalue weighted by molar-refractivity contribution is 5.85. The van der Waals surface area contributed by atoms with Gasteiger partial charge in [-0.3, -0.25) is 4.79 Å². The Morgan fingerprint density at radius 3 is 2.59 bits per heavy atom. The highest BCUT2D eigenvalue weighted by Gasteiger charge is 2.22. The van der Waals surface area contributed by atoms with Gasteiger partial charge < -0.3 is 15.5 Å². The van der Waals surface area contributed by atoms with Crippen LogP contribution in [-0.2, 0) is 4.79 Å². The Morgan fingerprint density at radius 1 is 1.47 bits per heavy atom. The van der Waals surface area contributed by atoms with Crippen LogP contribution in [0.5, 0.6) is 0 Å². The molecule has 0 heterocycles. The smallest absolute Gasteiger partial charge is 0.243 e. The van der Waals surface area contributed by atoms with E-state index >= 15 is 0 Å². The number of amides is 1. The number of guanidine groups is 1. The van der Waals surface area contributed by atoms with E-state index in [9.17, 15) is 4.79 Å². The van der Waals surface area contributed by atoms with Gasteiger partial charge in [-0.2, -0.15) is 0 Å². The van der Waals surface area contributed by atoms with Gasteiger partial charge in [0, 0.05) is 26.2 Å². The zero-order valence-corrected chi connectivity index (χ0v) is 11.3. The molecule has 0 bridgehead atoms. The van der Waals surface area contributed by atoms with Crippen molar-refractivity contribution in [3.8, 4) is 0 Å². The fourth-order valence-electron chi connectivity index (χ4n) is 1.18. The number of carbonyl (C=O) groups excluding carboxylic acids is 1. The average Bonchev–Trinajstić information content (AvgIpc) is 3.08. The van der Waals surface area contributed by atoms with Crippen molar-refractivity contribution in [3.05, 3.63) is 0 Å². The van der Waals surface area contributed by atoms with Crippen molar-refractivity contribution >= 4 is 11.9 Å². The van der Waals surface area contributed by atoms with Gasteiger partial charge in [0.1, 0.15) is 6.54 Å². The van der Waals surface area contributed by atoms with Crippen LogP contribution in [0.15, 0.2) is 4.99 Å². The minimum atomic E-state index is 0.0195. The molecule has 0 radical (unpaired) electrons. The maximum Gasteiger partial charge on any atom is 0.243 e. The van der Waals surface area contributed by atoms with Crippen molar-refractivity contribution in [1.29, 1.82) is 0 Å². The van der Waals surface area contributed by atoms with Crippen LogP contribution in [0.1, 0.15) is 33.1 Å². The minimum Gasteiger partial charge on any atom is -0.354 e. The highest BCUT2D eigenvalue weighted by Crippen LogP contribution is 2.18. The van der Waals surface area contributed by atoms with E-state index in [1.807, 2.05) is 0 Å². The van der Waals surface area contributed by atoms with E-state index in [-0.39, 0.29) is 12.5 Å². The summed E-state index contributed by atoms with van der Waals surface area (Å²) in [7, 11) is 3.49. The summed E-state index contributed by atoms with van der Waals surface area (Å²) in [5, 5.41) is 6.62. The lowest BCUT2D eigenvalue weighted by Crippen LogP contribution is -2.43. The quantitative estimate of drug-likeness (QED) is 0.546. The molecular weight excluding hydrogens is 216 g/mol. The van der Waals surface area contributed by atoms with Crippen LogP contribution in [0.3, 0.4) is 0 Å². The predicted octanol–water partition coefficient (Wildman–Crippen LogP) is 0.571. The van der Waals surface area contributed by atoms with E-state index in [1.165, 1.54) is 12.8 Å². The number of nitrogens with one attached hydrogen (secondary N) is 2. The standard InChI is InChI=1S/C12H24N4O/c1-5-9(2)14-12(15-10-6-7-10)13-8-11(17)16(3)4/h9-10H,5-8H2,1-4H3,(H2,13,14,15). The van der Waals surface area contributed by atoms with Gasteiger partial charge in [-0.15, -0.1) is 0 Å². The minimum absolute atomic E-state index is 0.0195. The van der Waals surface area contributed by atoms with Crippen molar-refractivity contribution in [1.82, 2.24) is 15.5 Å². The van der Waals surface area contributed by atoms with Crippen molar-refractivity contribution < 1.29 is 4.79 Å². The Kier molecular flexibility index (Phi) is 5.25. The third kappa shape index (κ3) is 5.56. The molecule has 1 fully saturated rings. The molecule has 0 aromatic carbocycles. The number of likely N-dealkylation sites (N-methyl/N-ethyl adjacent to an activating group) is 1. The maximum absolute atomic E-state index is 11.5. The lowest BCUT2D eigenvalue weighted by Gasteiger charge is -2.17. The molecule has 0 saturated heterocycles. The molecule has 0 spiro atoms. The van der Waals surface area contributed by atoms with Gasteiger partial charge in [-0.05, 0) is 26.2 Å². The summed E-state index contributed by atoms with van der Waals surface area (Å²) in [6, 6.07) is 0.911. The normalized spacial score (nSPS) is 17.5. The van der Waals surface area contributed by atoms with E-state index < -0.39 is 0 Å². The van der Waals surface area contributed by atoms with E-state index in [0.717, 1.165) is 12.4 Å². The number of nitrogens with zero attached hydrogens (tertiary/aromatic N) is 2. The third-order valence-corrected chi connectivity index (χ3v) is 2.78. The molecule has 0 aliphatic heterocycles. The number of aliphatic imine (C=N–C) groups is 1. The van der Waals surface area contributed by atoms with Gasteiger partial charge >= 0.3 is 0 Å². The number of carbonyl (C=O) groups is 1. The van der Waals surface area contributed by atoms with Gasteiger partial charge in [0.05, 0.1) is 0 Å². The highest BCUT2D eigenvalue weighted by atomic mass is 16.2. The molecule has 5 heteroatoms. The second kappa shape index (κ2) is 6.47. The molecule has 1 aliphatic rings. The van der Waals surface area contributed by atoms with E-state index in [1.54, 1.807) is 19.0 Å². The summed E-state index contributed by atoms with van der Waals surface area (Å²) >= 11 is 0. The van der Waals surface area contributed by atoms with Crippen LogP contribution in [-0.4, -0.2) is 49.5 Å². The van der Waals surface area contributed by atoms with Crippen LogP contribution in [0.25, 0.3) is 0 Å². The first-order chi connectivity index (χ1) is 8.02. The van der Waals surface area contributed by atoms with Crippen molar-refractivity contribution in [2.75, 3.05) is 20.6 Å². The zero-order chi connectivity index (χ0) is 12.8. The van der Waals surface area contributed by atoms with Gasteiger partial charge in [0.15, 0.2) is 5.96 Å². The molecule has 98 valence electrons. The second-order valence-corrected chi connectivity index (χ2v) is 4.83. The van der Waals surface area contributed by atoms with Crippen LogP contribution in [0.2, 0.25) is 0 Å². The molecule has 5 nitrogen and oxygen atoms in total. The lowest BCUT2D eigenvalue weighted by molar-refractivity contribution is -0.127. The first-order valence-electron chi connectivity index (χ1n) is 6.30. The fourth-order valence-corrected chi connectivity index (χ4v) is 1.18. The van der Waals surface area contributed by atoms with Crippen LogP contribution < -0.4 is 10.6 Å². The van der Waals surface area contributed by atoms with Crippen molar-refractivity contribution in [3.63, 3.8) is 0 Å². The van der Waals surface area contributed by atoms with E-state index in [2.05, 4.69) is 29.5 Å². The summed E-state index contributed by atoms with van der Waals surface area (Å²) in [4.78, 5) is 17.3. The van der Waals surface area contributed by atoms with Crippen LogP contribution in [0, 0.1) is 0 Å². The zero-order valence-electron chi connectivity index (χ0n) is 11.3. The number of rotatable bonds is 5. The largest absolute Gasteiger partial charge is 0.354 e. The Labute approximate surface area is 104 Å². The molecular formula is C12H24N4O. The third-order valence-electron chi connectivity index (χ3n) is 2.78. The number of hydrogen-bond acceptors (Lipinski definition) is 2. The molecule has 0 aromatic heterocycles. The van der Waals surface area contributed by atoms with Crippen LogP contribution in [0.4, 0.5) is 0 Å². The summed E-state index contributed by atoms with van der Waals surface area (Å²) in [6.45, 7) is 4.43. The molecule has 1 atom stereocenters. The molecule has 0 aromatic rings. The van der Waals surface area contributed by atoms with E-state index in [0.29, 0.717) is 12.1 Å². The van der Waals surface area contributed by atoms with Gasteiger partial charge in [0.2, 0.25) is 5.91 Å². The van der Waals surface area contributed by atoms with Crippen LogP contribution >= 0.6 is 0 Å². The topological polar surface area (TPSA) is 56.7 Å². The Bertz CT molecular complexity index is 284. The molecule has 1 amide bonds. The van der Waals surface area contributed by atoms with Crippen molar-refractivity contribution in [2.24, 2.45) is 4.99 Å². The molecule has 1 aliphatic carbocycles. The Morgan fingerprint density at radius 2 is 2.12 bits per heavy atom. The fraction of sp³-hybridized carbons (Fsp3) is 0.833. The molecule has 17 heavy (non-hydrogen) atoms. The monoisotopic (exact) mass is 240 g/mol. The SMILES string of the molecule is CCC(C)NC(=NCC(=O)N(C)C)NC1CC1. The molecule has 1 unspecified atom stereocenters. The first-order valence-corrected chi connectivity index (χ1v) is 6.30. The molecule has 2 N–H and O–H groups in total. The van der Waals surface area contributed by atoms with Gasteiger partial charge in [-0.1, -0.05) is 6.92 Å². The van der Waals surface area contributed by atoms with E-state index in [4.69, 9.17) is 0 Å². The van der Waals surface area contributed by atoms with Crippen molar-refractivity contribution in [2.45, 2.75) is 45.2 Å². The lowest BCUT2D eigenvalue weighted by atomic mass is 10.3.